The van der Waals surface area contributed by atoms with Gasteiger partial charge in [0.05, 0.1) is 12.0 Å². The number of rotatable bonds is 10. The molecule has 7 nitrogen and oxygen atoms in total. The van der Waals surface area contributed by atoms with Gasteiger partial charge in [0.1, 0.15) is 0 Å². The Morgan fingerprint density at radius 3 is 2.30 bits per heavy atom. The summed E-state index contributed by atoms with van der Waals surface area (Å²) in [5.74, 6) is 0.625. The van der Waals surface area contributed by atoms with Crippen molar-refractivity contribution >= 4 is 27.7 Å². The van der Waals surface area contributed by atoms with Crippen LogP contribution in [0.2, 0.25) is 0 Å². The zero-order chi connectivity index (χ0) is 22.1. The Kier molecular flexibility index (Phi) is 8.44. The van der Waals surface area contributed by atoms with Gasteiger partial charge in [0.2, 0.25) is 10.0 Å². The van der Waals surface area contributed by atoms with Gasteiger partial charge in [-0.1, -0.05) is 32.1 Å². The van der Waals surface area contributed by atoms with Crippen LogP contribution in [0.1, 0.15) is 26.3 Å². The van der Waals surface area contributed by atoms with E-state index in [9.17, 15) is 13.2 Å². The summed E-state index contributed by atoms with van der Waals surface area (Å²) in [5, 5.41) is 2.69. The Balaban J connectivity index is 2.00. The maximum atomic E-state index is 12.5. The van der Waals surface area contributed by atoms with Crippen LogP contribution in [0.4, 0.5) is 5.69 Å². The minimum atomic E-state index is -3.53. The average molecular weight is 433 g/mol. The molecular weight excluding hydrogens is 404 g/mol. The minimum Gasteiger partial charge on any atom is -0.493 e. The van der Waals surface area contributed by atoms with Gasteiger partial charge in [-0.15, -0.1) is 0 Å². The van der Waals surface area contributed by atoms with Gasteiger partial charge in [-0.2, -0.15) is 4.31 Å². The molecule has 0 spiro atoms. The van der Waals surface area contributed by atoms with Crippen LogP contribution >= 0.6 is 0 Å². The lowest BCUT2D eigenvalue weighted by molar-refractivity contribution is -0.118. The highest BCUT2D eigenvalue weighted by Gasteiger charge is 2.21. The third kappa shape index (κ3) is 5.84. The number of allylic oxidation sites excluding steroid dienone is 1. The molecule has 0 aliphatic carbocycles. The monoisotopic (exact) mass is 432 g/mol. The van der Waals surface area contributed by atoms with Gasteiger partial charge >= 0.3 is 0 Å². The van der Waals surface area contributed by atoms with E-state index in [2.05, 4.69) is 5.32 Å². The predicted octanol–water partition coefficient (Wildman–Crippen LogP) is 3.78. The number of hydrogen-bond donors (Lipinski definition) is 1. The van der Waals surface area contributed by atoms with Crippen molar-refractivity contribution < 1.29 is 22.7 Å². The minimum absolute atomic E-state index is 0.186. The molecule has 0 unspecified atom stereocenters. The van der Waals surface area contributed by atoms with Crippen LogP contribution in [0, 0.1) is 0 Å². The van der Waals surface area contributed by atoms with E-state index >= 15 is 0 Å². The first kappa shape index (κ1) is 23.4. The molecule has 0 saturated carbocycles. The highest BCUT2D eigenvalue weighted by atomic mass is 32.2. The molecule has 0 radical (unpaired) electrons. The number of methoxy groups -OCH3 is 1. The Hall–Kier alpha value is -2.84. The van der Waals surface area contributed by atoms with Crippen molar-refractivity contribution in [2.75, 3.05) is 32.1 Å². The number of hydrogen-bond acceptors (Lipinski definition) is 5. The lowest BCUT2D eigenvalue weighted by Crippen LogP contribution is -2.30. The summed E-state index contributed by atoms with van der Waals surface area (Å²) in [7, 11) is -1.99. The van der Waals surface area contributed by atoms with Crippen LogP contribution in [0.3, 0.4) is 0 Å². The average Bonchev–Trinajstić information content (AvgIpc) is 2.74. The fourth-order valence-corrected chi connectivity index (χ4v) is 4.32. The van der Waals surface area contributed by atoms with E-state index < -0.39 is 10.0 Å². The SMILES string of the molecule is C/C=C/c1ccc(OCC(=O)Nc2ccc(S(=O)(=O)N(CC)CC)cc2)c(OC)c1. The number of carbonyl (C=O) groups is 1. The highest BCUT2D eigenvalue weighted by molar-refractivity contribution is 7.89. The van der Waals surface area contributed by atoms with Crippen molar-refractivity contribution in [1.82, 2.24) is 4.31 Å². The molecule has 2 aromatic carbocycles. The summed E-state index contributed by atoms with van der Waals surface area (Å²) < 4.78 is 37.3. The van der Waals surface area contributed by atoms with Gasteiger partial charge in [-0.25, -0.2) is 8.42 Å². The molecule has 2 rings (SSSR count). The molecule has 0 heterocycles. The molecule has 0 fully saturated rings. The summed E-state index contributed by atoms with van der Waals surface area (Å²) >= 11 is 0. The number of nitrogens with one attached hydrogen (secondary N) is 1. The second-order valence-corrected chi connectivity index (χ2v) is 8.30. The van der Waals surface area contributed by atoms with Crippen LogP contribution in [0.15, 0.2) is 53.4 Å². The second-order valence-electron chi connectivity index (χ2n) is 6.36. The molecule has 30 heavy (non-hydrogen) atoms. The van der Waals surface area contributed by atoms with E-state index in [0.717, 1.165) is 5.56 Å². The first-order chi connectivity index (χ1) is 14.3. The molecule has 1 N–H and O–H groups in total. The highest BCUT2D eigenvalue weighted by Crippen LogP contribution is 2.28. The first-order valence-electron chi connectivity index (χ1n) is 9.69. The standard InChI is InChI=1S/C22H28N2O5S/c1-5-8-17-9-14-20(21(15-17)28-4)29-16-22(25)23-18-10-12-19(13-11-18)30(26,27)24(6-2)7-3/h5,8-15H,6-7,16H2,1-4H3,(H,23,25)/b8-5+. The van der Waals surface area contributed by atoms with E-state index in [1.807, 2.05) is 31.2 Å². The van der Waals surface area contributed by atoms with Crippen molar-refractivity contribution in [3.8, 4) is 11.5 Å². The largest absolute Gasteiger partial charge is 0.493 e. The van der Waals surface area contributed by atoms with Crippen molar-refractivity contribution in [1.29, 1.82) is 0 Å². The van der Waals surface area contributed by atoms with Gasteiger partial charge in [0.25, 0.3) is 5.91 Å². The van der Waals surface area contributed by atoms with Gasteiger partial charge in [0.15, 0.2) is 18.1 Å². The Morgan fingerprint density at radius 1 is 1.07 bits per heavy atom. The van der Waals surface area contributed by atoms with Gasteiger partial charge in [-0.3, -0.25) is 4.79 Å². The van der Waals surface area contributed by atoms with Crippen LogP contribution in [0.5, 0.6) is 11.5 Å². The van der Waals surface area contributed by atoms with Crippen molar-refractivity contribution in [2.45, 2.75) is 25.7 Å². The zero-order valence-electron chi connectivity index (χ0n) is 17.7. The topological polar surface area (TPSA) is 84.9 Å². The normalized spacial score (nSPS) is 11.6. The molecule has 0 aliphatic rings. The zero-order valence-corrected chi connectivity index (χ0v) is 18.5. The second kappa shape index (κ2) is 10.8. The maximum Gasteiger partial charge on any atom is 0.262 e. The van der Waals surface area contributed by atoms with Crippen LogP contribution < -0.4 is 14.8 Å². The molecule has 162 valence electrons. The van der Waals surface area contributed by atoms with Crippen LogP contribution in [-0.4, -0.2) is 45.4 Å². The summed E-state index contributed by atoms with van der Waals surface area (Å²) in [5.41, 5.74) is 1.45. The maximum absolute atomic E-state index is 12.5. The predicted molar refractivity (Wildman–Crippen MR) is 118 cm³/mol. The lowest BCUT2D eigenvalue weighted by atomic mass is 10.2. The number of carbonyl (C=O) groups excluding carboxylic acids is 1. The number of benzene rings is 2. The van der Waals surface area contributed by atoms with E-state index in [1.165, 1.54) is 23.5 Å². The Morgan fingerprint density at radius 2 is 1.73 bits per heavy atom. The first-order valence-corrected chi connectivity index (χ1v) is 11.1. The number of anilines is 1. The smallest absolute Gasteiger partial charge is 0.262 e. The summed E-state index contributed by atoms with van der Waals surface area (Å²) in [6, 6.07) is 11.5. The van der Waals surface area contributed by atoms with E-state index in [0.29, 0.717) is 30.3 Å². The third-order valence-corrected chi connectivity index (χ3v) is 6.45. The van der Waals surface area contributed by atoms with E-state index in [-0.39, 0.29) is 17.4 Å². The number of amides is 1. The lowest BCUT2D eigenvalue weighted by Gasteiger charge is -2.18. The summed E-state index contributed by atoms with van der Waals surface area (Å²) in [6.07, 6.45) is 3.85. The molecule has 2 aromatic rings. The summed E-state index contributed by atoms with van der Waals surface area (Å²) in [6.45, 7) is 6.09. The fourth-order valence-electron chi connectivity index (χ4n) is 2.86. The Bertz CT molecular complexity index is 981. The van der Waals surface area contributed by atoms with Gasteiger partial charge in [-0.05, 0) is 48.9 Å². The Labute approximate surface area is 178 Å². The van der Waals surface area contributed by atoms with E-state index in [4.69, 9.17) is 9.47 Å². The molecule has 0 aliphatic heterocycles. The molecule has 0 aromatic heterocycles. The quantitative estimate of drug-likeness (QED) is 0.618. The number of sulfonamides is 1. The third-order valence-electron chi connectivity index (χ3n) is 4.39. The molecule has 1 amide bonds. The number of nitrogens with zero attached hydrogens (tertiary/aromatic N) is 1. The van der Waals surface area contributed by atoms with Crippen LogP contribution in [0.25, 0.3) is 6.08 Å². The van der Waals surface area contributed by atoms with Crippen molar-refractivity contribution in [3.63, 3.8) is 0 Å². The molecule has 8 heteroatoms. The van der Waals surface area contributed by atoms with Gasteiger partial charge < -0.3 is 14.8 Å². The number of ether oxygens (including phenoxy) is 2. The van der Waals surface area contributed by atoms with Gasteiger partial charge in [0, 0.05) is 18.8 Å². The van der Waals surface area contributed by atoms with Crippen molar-refractivity contribution in [2.24, 2.45) is 0 Å². The fraction of sp³-hybridized carbons (Fsp3) is 0.318. The molecule has 0 atom stereocenters. The molecule has 0 saturated heterocycles. The molecule has 0 bridgehead atoms. The van der Waals surface area contributed by atoms with E-state index in [1.54, 1.807) is 32.0 Å². The van der Waals surface area contributed by atoms with Crippen LogP contribution in [-0.2, 0) is 14.8 Å². The van der Waals surface area contributed by atoms with Crippen molar-refractivity contribution in [3.05, 3.63) is 54.1 Å². The molecular formula is C22H28N2O5S. The summed E-state index contributed by atoms with van der Waals surface area (Å²) in [4.78, 5) is 12.4.